The molecule has 0 heterocycles. The fourth-order valence-corrected chi connectivity index (χ4v) is 1.70. The molecular weight excluding hydrogens is 196 g/mol. The summed E-state index contributed by atoms with van der Waals surface area (Å²) >= 11 is 0. The maximum Gasteiger partial charge on any atom is 0.00914 e. The van der Waals surface area contributed by atoms with Crippen LogP contribution in [-0.2, 0) is 6.42 Å². The molecule has 2 heteroatoms. The largest absolute Gasteiger partial charge is 0.327 e. The number of nitrogens with one attached hydrogen (secondary N) is 1. The number of benzene rings is 1. The Morgan fingerprint density at radius 2 is 1.88 bits per heavy atom. The van der Waals surface area contributed by atoms with Gasteiger partial charge in [0.05, 0.1) is 0 Å². The summed E-state index contributed by atoms with van der Waals surface area (Å²) in [6.45, 7) is 6.54. The maximum atomic E-state index is 6.08. The van der Waals surface area contributed by atoms with E-state index in [1.165, 1.54) is 5.56 Å². The van der Waals surface area contributed by atoms with Crippen molar-refractivity contribution in [2.75, 3.05) is 13.1 Å². The number of hydrogen-bond acceptors (Lipinski definition) is 2. The summed E-state index contributed by atoms with van der Waals surface area (Å²) in [4.78, 5) is 0. The second kappa shape index (κ2) is 7.42. The van der Waals surface area contributed by atoms with Gasteiger partial charge >= 0.3 is 0 Å². The van der Waals surface area contributed by atoms with E-state index in [9.17, 15) is 0 Å². The van der Waals surface area contributed by atoms with Crippen LogP contribution in [0.1, 0.15) is 25.8 Å². The SMILES string of the molecule is CC(C)CNCC[C@H](N)Cc1ccccc1. The minimum absolute atomic E-state index is 0.266. The van der Waals surface area contributed by atoms with Gasteiger partial charge in [-0.25, -0.2) is 0 Å². The molecule has 1 aromatic carbocycles. The van der Waals surface area contributed by atoms with E-state index in [1.807, 2.05) is 6.07 Å². The van der Waals surface area contributed by atoms with Crippen LogP contribution in [0.4, 0.5) is 0 Å². The number of rotatable bonds is 7. The van der Waals surface area contributed by atoms with Crippen molar-refractivity contribution in [1.29, 1.82) is 0 Å². The van der Waals surface area contributed by atoms with Crippen molar-refractivity contribution in [2.45, 2.75) is 32.7 Å². The van der Waals surface area contributed by atoms with Crippen molar-refractivity contribution >= 4 is 0 Å². The third kappa shape index (κ3) is 5.89. The topological polar surface area (TPSA) is 38.0 Å². The fraction of sp³-hybridized carbons (Fsp3) is 0.571. The molecule has 3 N–H and O–H groups in total. The van der Waals surface area contributed by atoms with Crippen molar-refractivity contribution in [3.05, 3.63) is 35.9 Å². The van der Waals surface area contributed by atoms with Gasteiger partial charge in [0.1, 0.15) is 0 Å². The first kappa shape index (κ1) is 13.2. The minimum atomic E-state index is 0.266. The van der Waals surface area contributed by atoms with Gasteiger partial charge in [0.15, 0.2) is 0 Å². The van der Waals surface area contributed by atoms with E-state index in [-0.39, 0.29) is 6.04 Å². The van der Waals surface area contributed by atoms with E-state index in [1.54, 1.807) is 0 Å². The van der Waals surface area contributed by atoms with Crippen molar-refractivity contribution in [2.24, 2.45) is 11.7 Å². The van der Waals surface area contributed by atoms with Crippen LogP contribution in [0.25, 0.3) is 0 Å². The van der Waals surface area contributed by atoms with Crippen molar-refractivity contribution < 1.29 is 0 Å². The molecule has 0 unspecified atom stereocenters. The lowest BCUT2D eigenvalue weighted by Crippen LogP contribution is -2.30. The predicted octanol–water partition coefficient (Wildman–Crippen LogP) is 2.19. The Bertz CT molecular complexity index is 269. The molecule has 0 amide bonds. The van der Waals surface area contributed by atoms with Crippen LogP contribution in [-0.4, -0.2) is 19.1 Å². The average Bonchev–Trinajstić information content (AvgIpc) is 2.25. The molecule has 0 radical (unpaired) electrons. The van der Waals surface area contributed by atoms with Crippen LogP contribution in [0, 0.1) is 5.92 Å². The van der Waals surface area contributed by atoms with Crippen molar-refractivity contribution in [1.82, 2.24) is 5.32 Å². The molecule has 1 atom stereocenters. The van der Waals surface area contributed by atoms with Gasteiger partial charge in [-0.15, -0.1) is 0 Å². The van der Waals surface area contributed by atoms with Gasteiger partial charge in [-0.1, -0.05) is 44.2 Å². The quantitative estimate of drug-likeness (QED) is 0.691. The Hall–Kier alpha value is -0.860. The van der Waals surface area contributed by atoms with E-state index in [4.69, 9.17) is 5.73 Å². The maximum absolute atomic E-state index is 6.08. The molecule has 0 aliphatic carbocycles. The smallest absolute Gasteiger partial charge is 0.00914 e. The second-order valence-corrected chi connectivity index (χ2v) is 4.84. The molecule has 2 nitrogen and oxygen atoms in total. The predicted molar refractivity (Wildman–Crippen MR) is 70.4 cm³/mol. The Balaban J connectivity index is 2.14. The van der Waals surface area contributed by atoms with Gasteiger partial charge in [0, 0.05) is 6.04 Å². The van der Waals surface area contributed by atoms with Gasteiger partial charge in [-0.05, 0) is 37.4 Å². The third-order valence-electron chi connectivity index (χ3n) is 2.59. The molecule has 1 aromatic rings. The van der Waals surface area contributed by atoms with Gasteiger partial charge in [0.25, 0.3) is 0 Å². The van der Waals surface area contributed by atoms with Gasteiger partial charge < -0.3 is 11.1 Å². The lowest BCUT2D eigenvalue weighted by Gasteiger charge is -2.13. The van der Waals surface area contributed by atoms with E-state index in [2.05, 4.69) is 43.4 Å². The summed E-state index contributed by atoms with van der Waals surface area (Å²) in [5, 5.41) is 3.42. The van der Waals surface area contributed by atoms with Gasteiger partial charge in [-0.2, -0.15) is 0 Å². The summed E-state index contributed by atoms with van der Waals surface area (Å²) in [6, 6.07) is 10.7. The first-order valence-corrected chi connectivity index (χ1v) is 6.18. The Kier molecular flexibility index (Phi) is 6.12. The zero-order valence-corrected chi connectivity index (χ0v) is 10.4. The minimum Gasteiger partial charge on any atom is -0.327 e. The molecule has 0 aliphatic heterocycles. The zero-order valence-electron chi connectivity index (χ0n) is 10.4. The van der Waals surface area contributed by atoms with Gasteiger partial charge in [-0.3, -0.25) is 0 Å². The van der Waals surface area contributed by atoms with E-state index in [0.29, 0.717) is 5.92 Å². The summed E-state index contributed by atoms with van der Waals surface area (Å²) in [5.74, 6) is 0.713. The van der Waals surface area contributed by atoms with Crippen LogP contribution < -0.4 is 11.1 Å². The first-order valence-electron chi connectivity index (χ1n) is 6.18. The molecule has 0 saturated carbocycles. The molecule has 0 spiro atoms. The molecule has 1 rings (SSSR count). The normalized spacial score (nSPS) is 13.0. The average molecular weight is 220 g/mol. The molecule has 16 heavy (non-hydrogen) atoms. The third-order valence-corrected chi connectivity index (χ3v) is 2.59. The van der Waals surface area contributed by atoms with Crippen molar-refractivity contribution in [3.63, 3.8) is 0 Å². The Labute approximate surface area is 99.2 Å². The Morgan fingerprint density at radius 3 is 2.50 bits per heavy atom. The Morgan fingerprint density at radius 1 is 1.19 bits per heavy atom. The molecule has 0 aromatic heterocycles. The highest BCUT2D eigenvalue weighted by molar-refractivity contribution is 5.15. The highest BCUT2D eigenvalue weighted by atomic mass is 14.9. The van der Waals surface area contributed by atoms with Crippen LogP contribution in [0.3, 0.4) is 0 Å². The van der Waals surface area contributed by atoms with Crippen LogP contribution in [0.15, 0.2) is 30.3 Å². The monoisotopic (exact) mass is 220 g/mol. The summed E-state index contributed by atoms with van der Waals surface area (Å²) in [7, 11) is 0. The first-order chi connectivity index (χ1) is 7.68. The second-order valence-electron chi connectivity index (χ2n) is 4.84. The van der Waals surface area contributed by atoms with Crippen LogP contribution >= 0.6 is 0 Å². The lowest BCUT2D eigenvalue weighted by molar-refractivity contribution is 0.511. The van der Waals surface area contributed by atoms with E-state index in [0.717, 1.165) is 25.9 Å². The fourth-order valence-electron chi connectivity index (χ4n) is 1.70. The molecule has 0 saturated heterocycles. The summed E-state index contributed by atoms with van der Waals surface area (Å²) in [5.41, 5.74) is 7.41. The van der Waals surface area contributed by atoms with Crippen LogP contribution in [0.2, 0.25) is 0 Å². The highest BCUT2D eigenvalue weighted by Crippen LogP contribution is 2.03. The number of nitrogens with two attached hydrogens (primary N) is 1. The lowest BCUT2D eigenvalue weighted by atomic mass is 10.0. The molecule has 90 valence electrons. The summed E-state index contributed by atoms with van der Waals surface area (Å²) < 4.78 is 0. The molecule has 0 aliphatic rings. The summed E-state index contributed by atoms with van der Waals surface area (Å²) in [6.07, 6.45) is 2.02. The van der Waals surface area contributed by atoms with Crippen LogP contribution in [0.5, 0.6) is 0 Å². The van der Waals surface area contributed by atoms with Crippen molar-refractivity contribution in [3.8, 4) is 0 Å². The standard InChI is InChI=1S/C14H24N2/c1-12(2)11-16-9-8-14(15)10-13-6-4-3-5-7-13/h3-7,12,14,16H,8-11,15H2,1-2H3/t14-/m0/s1. The number of hydrogen-bond donors (Lipinski definition) is 2. The van der Waals surface area contributed by atoms with Gasteiger partial charge in [0.2, 0.25) is 0 Å². The highest BCUT2D eigenvalue weighted by Gasteiger charge is 2.03. The molecular formula is C14H24N2. The molecule has 0 bridgehead atoms. The van der Waals surface area contributed by atoms with E-state index < -0.39 is 0 Å². The van der Waals surface area contributed by atoms with E-state index >= 15 is 0 Å². The molecule has 0 fully saturated rings. The zero-order chi connectivity index (χ0) is 11.8.